The number of furan rings is 1. The summed E-state index contributed by atoms with van der Waals surface area (Å²) in [6.45, 7) is 2.34. The van der Waals surface area contributed by atoms with Crippen LogP contribution < -0.4 is 5.73 Å². The van der Waals surface area contributed by atoms with Gasteiger partial charge < -0.3 is 15.1 Å². The van der Waals surface area contributed by atoms with Crippen molar-refractivity contribution in [1.29, 1.82) is 0 Å². The zero-order valence-electron chi connectivity index (χ0n) is 11.5. The number of rotatable bonds is 3. The third-order valence-corrected chi connectivity index (χ3v) is 4.09. The highest BCUT2D eigenvalue weighted by atomic mass is 16.3. The number of hydrogen-bond acceptors (Lipinski definition) is 3. The molecule has 1 unspecified atom stereocenters. The second-order valence-electron chi connectivity index (χ2n) is 5.48. The number of hydrogen-bond donors (Lipinski definition) is 1. The van der Waals surface area contributed by atoms with E-state index in [0.717, 1.165) is 36.9 Å². The van der Waals surface area contributed by atoms with Crippen molar-refractivity contribution in [2.45, 2.75) is 19.3 Å². The Morgan fingerprint density at radius 3 is 3.10 bits per heavy atom. The molecule has 1 atom stereocenters. The highest BCUT2D eigenvalue weighted by molar-refractivity contribution is 6.05. The Hall–Kier alpha value is -1.81. The summed E-state index contributed by atoms with van der Waals surface area (Å²) >= 11 is 0. The van der Waals surface area contributed by atoms with Crippen molar-refractivity contribution in [3.8, 4) is 0 Å². The number of nitrogens with zero attached hydrogens (tertiary/aromatic N) is 1. The molecule has 20 heavy (non-hydrogen) atoms. The summed E-state index contributed by atoms with van der Waals surface area (Å²) in [4.78, 5) is 14.6. The molecule has 4 nitrogen and oxygen atoms in total. The van der Waals surface area contributed by atoms with Gasteiger partial charge in [-0.1, -0.05) is 18.2 Å². The summed E-state index contributed by atoms with van der Waals surface area (Å²) in [5, 5.41) is 0.901. The number of carbonyl (C=O) groups is 1. The number of amides is 1. The van der Waals surface area contributed by atoms with E-state index in [-0.39, 0.29) is 5.91 Å². The second-order valence-corrected chi connectivity index (χ2v) is 5.48. The van der Waals surface area contributed by atoms with Gasteiger partial charge in [-0.2, -0.15) is 0 Å². The van der Waals surface area contributed by atoms with Gasteiger partial charge in [0.1, 0.15) is 11.8 Å². The minimum atomic E-state index is 0.0803. The molecule has 1 aromatic heterocycles. The van der Waals surface area contributed by atoms with Crippen LogP contribution in [0.25, 0.3) is 11.0 Å². The van der Waals surface area contributed by atoms with E-state index in [1.807, 2.05) is 29.2 Å². The molecule has 1 aromatic carbocycles. The first-order valence-corrected chi connectivity index (χ1v) is 7.25. The number of piperidine rings is 1. The SMILES string of the molecule is NCCC1CCCN(C(=O)c2coc3ccccc23)C1. The van der Waals surface area contributed by atoms with Crippen LogP contribution in [0.15, 0.2) is 34.9 Å². The normalized spacial score (nSPS) is 19.4. The Labute approximate surface area is 118 Å². The van der Waals surface area contributed by atoms with Crippen LogP contribution in [0.2, 0.25) is 0 Å². The largest absolute Gasteiger partial charge is 0.463 e. The van der Waals surface area contributed by atoms with E-state index < -0.39 is 0 Å². The molecule has 2 N–H and O–H groups in total. The minimum Gasteiger partial charge on any atom is -0.463 e. The van der Waals surface area contributed by atoms with Crippen molar-refractivity contribution in [1.82, 2.24) is 4.90 Å². The van der Waals surface area contributed by atoms with Gasteiger partial charge in [-0.05, 0) is 37.8 Å². The van der Waals surface area contributed by atoms with E-state index in [0.29, 0.717) is 18.0 Å². The van der Waals surface area contributed by atoms with E-state index in [1.54, 1.807) is 6.26 Å². The Bertz CT molecular complexity index is 603. The van der Waals surface area contributed by atoms with Gasteiger partial charge in [-0.3, -0.25) is 4.79 Å². The van der Waals surface area contributed by atoms with Gasteiger partial charge in [0.25, 0.3) is 5.91 Å². The van der Waals surface area contributed by atoms with Gasteiger partial charge >= 0.3 is 0 Å². The highest BCUT2D eigenvalue weighted by Gasteiger charge is 2.25. The molecule has 1 saturated heterocycles. The molecule has 2 heterocycles. The van der Waals surface area contributed by atoms with Crippen LogP contribution in [0.4, 0.5) is 0 Å². The molecule has 0 bridgehead atoms. The Balaban J connectivity index is 1.81. The van der Waals surface area contributed by atoms with Crippen LogP contribution in [-0.2, 0) is 0 Å². The summed E-state index contributed by atoms with van der Waals surface area (Å²) in [5.41, 5.74) is 7.08. The number of para-hydroxylation sites is 1. The predicted octanol–water partition coefficient (Wildman–Crippen LogP) is 2.63. The van der Waals surface area contributed by atoms with Crippen LogP contribution in [0.5, 0.6) is 0 Å². The topological polar surface area (TPSA) is 59.5 Å². The molecule has 2 aromatic rings. The predicted molar refractivity (Wildman–Crippen MR) is 78.5 cm³/mol. The van der Waals surface area contributed by atoms with Gasteiger partial charge in [0, 0.05) is 18.5 Å². The molecule has 3 rings (SSSR count). The van der Waals surface area contributed by atoms with Crippen molar-refractivity contribution in [2.24, 2.45) is 11.7 Å². The summed E-state index contributed by atoms with van der Waals surface area (Å²) in [6, 6.07) is 7.67. The highest BCUT2D eigenvalue weighted by Crippen LogP contribution is 2.25. The maximum atomic E-state index is 12.7. The zero-order chi connectivity index (χ0) is 13.9. The third-order valence-electron chi connectivity index (χ3n) is 4.09. The fourth-order valence-electron chi connectivity index (χ4n) is 3.03. The molecule has 1 fully saturated rings. The van der Waals surface area contributed by atoms with Crippen LogP contribution >= 0.6 is 0 Å². The molecule has 0 spiro atoms. The van der Waals surface area contributed by atoms with E-state index in [4.69, 9.17) is 10.2 Å². The Morgan fingerprint density at radius 1 is 1.40 bits per heavy atom. The van der Waals surface area contributed by atoms with Crippen molar-refractivity contribution in [3.05, 3.63) is 36.1 Å². The van der Waals surface area contributed by atoms with Gasteiger partial charge in [0.2, 0.25) is 0 Å². The molecule has 0 radical (unpaired) electrons. The quantitative estimate of drug-likeness (QED) is 0.934. The van der Waals surface area contributed by atoms with Crippen molar-refractivity contribution >= 4 is 16.9 Å². The first kappa shape index (κ1) is 13.2. The van der Waals surface area contributed by atoms with Crippen LogP contribution in [-0.4, -0.2) is 30.4 Å². The van der Waals surface area contributed by atoms with Crippen molar-refractivity contribution in [3.63, 3.8) is 0 Å². The van der Waals surface area contributed by atoms with Gasteiger partial charge in [-0.15, -0.1) is 0 Å². The molecular weight excluding hydrogens is 252 g/mol. The molecule has 0 aliphatic carbocycles. The Kier molecular flexibility index (Phi) is 3.74. The van der Waals surface area contributed by atoms with E-state index in [9.17, 15) is 4.79 Å². The number of likely N-dealkylation sites (tertiary alicyclic amines) is 1. The van der Waals surface area contributed by atoms with Crippen LogP contribution in [0.1, 0.15) is 29.6 Å². The number of fused-ring (bicyclic) bond motifs is 1. The molecular formula is C16H20N2O2. The van der Waals surface area contributed by atoms with E-state index in [1.165, 1.54) is 6.42 Å². The fourth-order valence-corrected chi connectivity index (χ4v) is 3.03. The number of benzene rings is 1. The lowest BCUT2D eigenvalue weighted by molar-refractivity contribution is 0.0670. The minimum absolute atomic E-state index is 0.0803. The van der Waals surface area contributed by atoms with Gasteiger partial charge in [0.05, 0.1) is 5.56 Å². The molecule has 1 aliphatic heterocycles. The molecule has 1 amide bonds. The standard InChI is InChI=1S/C16H20N2O2/c17-8-7-12-4-3-9-18(10-12)16(19)14-11-20-15-6-2-1-5-13(14)15/h1-2,5-6,11-12H,3-4,7-10,17H2. The van der Waals surface area contributed by atoms with E-state index >= 15 is 0 Å². The summed E-state index contributed by atoms with van der Waals surface area (Å²) < 4.78 is 5.47. The lowest BCUT2D eigenvalue weighted by atomic mass is 9.94. The summed E-state index contributed by atoms with van der Waals surface area (Å²) in [5.74, 6) is 0.618. The summed E-state index contributed by atoms with van der Waals surface area (Å²) in [7, 11) is 0. The molecule has 1 aliphatic rings. The van der Waals surface area contributed by atoms with E-state index in [2.05, 4.69) is 0 Å². The van der Waals surface area contributed by atoms with Crippen molar-refractivity contribution in [2.75, 3.05) is 19.6 Å². The van der Waals surface area contributed by atoms with Gasteiger partial charge in [0.15, 0.2) is 0 Å². The number of nitrogens with two attached hydrogens (primary N) is 1. The first-order chi connectivity index (χ1) is 9.79. The lowest BCUT2D eigenvalue weighted by Gasteiger charge is -2.32. The average Bonchev–Trinajstić information content (AvgIpc) is 2.91. The molecule has 0 saturated carbocycles. The maximum Gasteiger partial charge on any atom is 0.257 e. The van der Waals surface area contributed by atoms with Gasteiger partial charge in [-0.25, -0.2) is 0 Å². The molecule has 4 heteroatoms. The van der Waals surface area contributed by atoms with Crippen molar-refractivity contribution < 1.29 is 9.21 Å². The monoisotopic (exact) mass is 272 g/mol. The van der Waals surface area contributed by atoms with Crippen LogP contribution in [0, 0.1) is 5.92 Å². The third kappa shape index (κ3) is 2.43. The van der Waals surface area contributed by atoms with Crippen LogP contribution in [0.3, 0.4) is 0 Å². The first-order valence-electron chi connectivity index (χ1n) is 7.25. The second kappa shape index (κ2) is 5.67. The lowest BCUT2D eigenvalue weighted by Crippen LogP contribution is -2.40. The smallest absolute Gasteiger partial charge is 0.257 e. The maximum absolute atomic E-state index is 12.7. The Morgan fingerprint density at radius 2 is 2.25 bits per heavy atom. The summed E-state index contributed by atoms with van der Waals surface area (Å²) in [6.07, 6.45) is 4.81. The average molecular weight is 272 g/mol. The number of carbonyl (C=O) groups excluding carboxylic acids is 1. The fraction of sp³-hybridized carbons (Fsp3) is 0.438. The molecule has 106 valence electrons. The zero-order valence-corrected chi connectivity index (χ0v) is 11.5.